The summed E-state index contributed by atoms with van der Waals surface area (Å²) < 4.78 is 0. The van der Waals surface area contributed by atoms with Crippen LogP contribution in [0.25, 0.3) is 11.3 Å². The summed E-state index contributed by atoms with van der Waals surface area (Å²) in [6.45, 7) is 2.29. The van der Waals surface area contributed by atoms with Gasteiger partial charge in [-0.1, -0.05) is 24.0 Å². The molecule has 1 aliphatic rings. The molecular weight excluding hydrogens is 326 g/mol. The predicted octanol–water partition coefficient (Wildman–Crippen LogP) is 2.90. The van der Waals surface area contributed by atoms with Gasteiger partial charge >= 0.3 is 0 Å². The van der Waals surface area contributed by atoms with Crippen molar-refractivity contribution in [3.8, 4) is 28.8 Å². The van der Waals surface area contributed by atoms with Gasteiger partial charge in [-0.25, -0.2) is 0 Å². The lowest BCUT2D eigenvalue weighted by Crippen LogP contribution is -2.29. The molecule has 0 bridgehead atoms. The molecule has 3 rings (SSSR count). The molecule has 1 aliphatic heterocycles. The Morgan fingerprint density at radius 2 is 2.00 bits per heavy atom. The second-order valence-electron chi connectivity index (χ2n) is 6.67. The Balaban J connectivity index is 1.76. The average Bonchev–Trinajstić information content (AvgIpc) is 2.63. The van der Waals surface area contributed by atoms with Crippen LogP contribution in [0.5, 0.6) is 5.75 Å². The number of aromatic amines is 2. The molecule has 2 aromatic rings. The maximum absolute atomic E-state index is 9.97. The van der Waals surface area contributed by atoms with Crippen molar-refractivity contribution >= 4 is 5.82 Å². The van der Waals surface area contributed by atoms with Gasteiger partial charge in [-0.3, -0.25) is 15.2 Å². The van der Waals surface area contributed by atoms with Crippen molar-refractivity contribution < 1.29 is 5.11 Å². The van der Waals surface area contributed by atoms with Crippen molar-refractivity contribution in [2.75, 3.05) is 25.9 Å². The Kier molecular flexibility index (Phi) is 5.82. The Morgan fingerprint density at radius 3 is 2.77 bits per heavy atom. The van der Waals surface area contributed by atoms with E-state index in [1.807, 2.05) is 6.07 Å². The number of piperidine rings is 1. The number of nitrogens with one attached hydrogen (secondary N) is 2. The molecule has 5 N–H and O–H groups in total. The molecule has 0 saturated carbocycles. The van der Waals surface area contributed by atoms with E-state index in [9.17, 15) is 5.11 Å². The van der Waals surface area contributed by atoms with Crippen LogP contribution in [0.3, 0.4) is 0 Å². The Labute approximate surface area is 153 Å². The highest BCUT2D eigenvalue weighted by Gasteiger charge is 2.15. The number of aromatic nitrogens is 3. The zero-order valence-corrected chi connectivity index (χ0v) is 15.0. The number of hydrogen-bond acceptors (Lipinski definition) is 4. The number of hydrogen-bond donors (Lipinski definition) is 4. The van der Waals surface area contributed by atoms with Crippen molar-refractivity contribution in [1.82, 2.24) is 20.1 Å². The third-order valence-corrected chi connectivity index (χ3v) is 4.68. The zero-order chi connectivity index (χ0) is 18.4. The fourth-order valence-corrected chi connectivity index (χ4v) is 2.98. The number of phenolic OH excluding ortho intramolecular Hbond substituents is 1. The molecule has 0 atom stereocenters. The van der Waals surface area contributed by atoms with Crippen molar-refractivity contribution in [3.05, 3.63) is 42.2 Å². The smallest absolute Gasteiger partial charge is 0.132 e. The van der Waals surface area contributed by atoms with E-state index >= 15 is 0 Å². The summed E-state index contributed by atoms with van der Waals surface area (Å²) in [4.78, 5) is 6.65. The molecule has 26 heavy (non-hydrogen) atoms. The van der Waals surface area contributed by atoms with E-state index in [0.717, 1.165) is 19.5 Å². The minimum atomic E-state index is 0.171. The molecular formula is C20H25N5O. The van der Waals surface area contributed by atoms with E-state index in [0.29, 0.717) is 28.6 Å². The molecule has 6 nitrogen and oxygen atoms in total. The molecule has 1 aromatic carbocycles. The van der Waals surface area contributed by atoms with Gasteiger partial charge in [-0.2, -0.15) is 0 Å². The number of H-pyrrole nitrogens is 2. The van der Waals surface area contributed by atoms with Gasteiger partial charge in [-0.15, -0.1) is 0 Å². The van der Waals surface area contributed by atoms with Gasteiger partial charge in [0.2, 0.25) is 0 Å². The number of nitrogen functional groups attached to an aromatic ring is 1. The minimum absolute atomic E-state index is 0.171. The highest BCUT2D eigenvalue weighted by molar-refractivity contribution is 5.65. The summed E-state index contributed by atoms with van der Waals surface area (Å²) in [6, 6.07) is 7.04. The predicted molar refractivity (Wildman–Crippen MR) is 104 cm³/mol. The third kappa shape index (κ3) is 4.58. The molecule has 0 unspecified atom stereocenters. The number of anilines is 1. The maximum atomic E-state index is 9.97. The number of phenols is 1. The molecule has 0 amide bonds. The fourth-order valence-electron chi connectivity index (χ4n) is 2.98. The Morgan fingerprint density at radius 1 is 1.23 bits per heavy atom. The Bertz CT molecular complexity index is 848. The van der Waals surface area contributed by atoms with Crippen LogP contribution >= 0.6 is 0 Å². The highest BCUT2D eigenvalue weighted by Crippen LogP contribution is 2.25. The average molecular weight is 351 g/mol. The van der Waals surface area contributed by atoms with Gasteiger partial charge in [0.25, 0.3) is 0 Å². The quantitative estimate of drug-likeness (QED) is 0.626. The SMILES string of the molecule is CN1CCC(CC#Cc2cncc(-c3ccccc3O)[nH][nH]c2N)CC1. The summed E-state index contributed by atoms with van der Waals surface area (Å²) in [6.07, 6.45) is 6.55. The van der Waals surface area contributed by atoms with E-state index in [1.165, 1.54) is 12.8 Å². The molecule has 0 aliphatic carbocycles. The lowest BCUT2D eigenvalue weighted by atomic mass is 9.94. The standard InChI is InChI=1S/C20H25N5O/c1-25-11-9-15(10-12-25)5-4-6-16-13-22-14-18(23-24-20(16)21)17-7-2-3-8-19(17)26/h2-3,7-8,13-15,23-24,26H,5,9-12,21H2,1H3. The van der Waals surface area contributed by atoms with Crippen LogP contribution in [0, 0.1) is 17.8 Å². The second-order valence-corrected chi connectivity index (χ2v) is 6.67. The van der Waals surface area contributed by atoms with Crippen molar-refractivity contribution in [2.45, 2.75) is 19.3 Å². The minimum Gasteiger partial charge on any atom is -0.507 e. The van der Waals surface area contributed by atoms with Gasteiger partial charge in [0.15, 0.2) is 0 Å². The summed E-state index contributed by atoms with van der Waals surface area (Å²) in [7, 11) is 2.16. The molecule has 6 heteroatoms. The molecule has 1 aromatic heterocycles. The molecule has 136 valence electrons. The van der Waals surface area contributed by atoms with Crippen LogP contribution in [0.2, 0.25) is 0 Å². The van der Waals surface area contributed by atoms with Gasteiger partial charge < -0.3 is 15.7 Å². The first-order chi connectivity index (χ1) is 12.6. The first-order valence-corrected chi connectivity index (χ1v) is 8.84. The van der Waals surface area contributed by atoms with Crippen LogP contribution in [-0.4, -0.2) is 45.3 Å². The normalized spacial score (nSPS) is 15.1. The lowest BCUT2D eigenvalue weighted by molar-refractivity contribution is 0.222. The summed E-state index contributed by atoms with van der Waals surface area (Å²) >= 11 is 0. The number of benzene rings is 1. The van der Waals surface area contributed by atoms with Gasteiger partial charge in [0.05, 0.1) is 17.5 Å². The maximum Gasteiger partial charge on any atom is 0.132 e. The van der Waals surface area contributed by atoms with Gasteiger partial charge in [0, 0.05) is 18.2 Å². The summed E-state index contributed by atoms with van der Waals surface area (Å²) in [5.74, 6) is 7.60. The monoisotopic (exact) mass is 351 g/mol. The fraction of sp³-hybridized carbons (Fsp3) is 0.350. The van der Waals surface area contributed by atoms with Crippen molar-refractivity contribution in [1.29, 1.82) is 0 Å². The van der Waals surface area contributed by atoms with Crippen LogP contribution in [0.4, 0.5) is 5.82 Å². The highest BCUT2D eigenvalue weighted by atomic mass is 16.3. The molecule has 2 heterocycles. The van der Waals surface area contributed by atoms with Crippen LogP contribution in [-0.2, 0) is 0 Å². The Hall–Kier alpha value is -2.91. The number of likely N-dealkylation sites (tertiary alicyclic amines) is 1. The van der Waals surface area contributed by atoms with E-state index in [-0.39, 0.29) is 5.75 Å². The first kappa shape index (κ1) is 17.9. The molecule has 0 spiro atoms. The first-order valence-electron chi connectivity index (χ1n) is 8.84. The number of nitrogens with zero attached hydrogens (tertiary/aromatic N) is 2. The van der Waals surface area contributed by atoms with Crippen LogP contribution in [0.1, 0.15) is 24.8 Å². The van der Waals surface area contributed by atoms with Crippen LogP contribution in [0.15, 0.2) is 36.7 Å². The van der Waals surface area contributed by atoms with Crippen LogP contribution < -0.4 is 5.73 Å². The topological polar surface area (TPSA) is 94.0 Å². The van der Waals surface area contributed by atoms with Crippen molar-refractivity contribution in [3.63, 3.8) is 0 Å². The number of nitrogens with two attached hydrogens (primary N) is 1. The van der Waals surface area contributed by atoms with E-state index in [1.54, 1.807) is 30.6 Å². The molecule has 1 fully saturated rings. The molecule has 0 radical (unpaired) electrons. The largest absolute Gasteiger partial charge is 0.507 e. The number of para-hydroxylation sites is 1. The summed E-state index contributed by atoms with van der Waals surface area (Å²) in [5, 5.41) is 15.9. The number of rotatable bonds is 2. The van der Waals surface area contributed by atoms with Gasteiger partial charge in [0.1, 0.15) is 11.6 Å². The molecule has 1 saturated heterocycles. The number of aromatic hydroxyl groups is 1. The van der Waals surface area contributed by atoms with E-state index in [2.05, 4.69) is 39.0 Å². The van der Waals surface area contributed by atoms with E-state index < -0.39 is 0 Å². The third-order valence-electron chi connectivity index (χ3n) is 4.68. The second kappa shape index (κ2) is 8.45. The van der Waals surface area contributed by atoms with Crippen molar-refractivity contribution in [2.24, 2.45) is 5.92 Å². The van der Waals surface area contributed by atoms with E-state index in [4.69, 9.17) is 5.73 Å². The van der Waals surface area contributed by atoms with Gasteiger partial charge in [-0.05, 0) is 51.0 Å². The zero-order valence-electron chi connectivity index (χ0n) is 15.0. The lowest BCUT2D eigenvalue weighted by Gasteiger charge is -2.27. The summed E-state index contributed by atoms with van der Waals surface area (Å²) in [5.41, 5.74) is 8.00.